The van der Waals surface area contributed by atoms with Crippen LogP contribution in [0.4, 0.5) is 0 Å². The van der Waals surface area contributed by atoms with Gasteiger partial charge in [-0.3, -0.25) is 0 Å². The van der Waals surface area contributed by atoms with Gasteiger partial charge in [-0.15, -0.1) is 0 Å². The van der Waals surface area contributed by atoms with Crippen molar-refractivity contribution in [2.45, 2.75) is 0 Å². The third kappa shape index (κ3) is 4.79. The topological polar surface area (TPSA) is 41.0 Å². The molecular weight excluding hydrogens is 252 g/mol. The van der Waals surface area contributed by atoms with Gasteiger partial charge in [0.05, 0.1) is 11.6 Å². The van der Waals surface area contributed by atoms with Crippen LogP contribution in [0, 0.1) is 0 Å². The molecule has 0 radical (unpaired) electrons. The van der Waals surface area contributed by atoms with Crippen molar-refractivity contribution in [3.8, 4) is 5.88 Å². The Morgan fingerprint density at radius 1 is 1.28 bits per heavy atom. The van der Waals surface area contributed by atoms with E-state index < -0.39 is 0 Å². The molecule has 0 fully saturated rings. The van der Waals surface area contributed by atoms with Crippen LogP contribution in [0.3, 0.4) is 0 Å². The molecule has 1 aromatic rings. The minimum absolute atomic E-state index is 0.486. The van der Waals surface area contributed by atoms with Crippen LogP contribution < -0.4 is 4.74 Å². The summed E-state index contributed by atoms with van der Waals surface area (Å²) in [5, 5.41) is 0.600. The average molecular weight is 271 g/mol. The Morgan fingerprint density at radius 2 is 1.94 bits per heavy atom. The fourth-order valence-electron chi connectivity index (χ4n) is 1.43. The number of ether oxygens (including phenoxy) is 1. The molecule has 18 heavy (non-hydrogen) atoms. The van der Waals surface area contributed by atoms with Crippen molar-refractivity contribution in [2.24, 2.45) is 4.99 Å². The van der Waals surface area contributed by atoms with Gasteiger partial charge in [0.1, 0.15) is 6.61 Å². The Balaban J connectivity index is 2.41. The second-order valence-corrected chi connectivity index (χ2v) is 4.57. The number of nitrogens with zero attached hydrogens (tertiary/aromatic N) is 4. The summed E-state index contributed by atoms with van der Waals surface area (Å²) in [6, 6.07) is 3.49. The molecule has 0 unspecified atom stereocenters. The fourth-order valence-corrected chi connectivity index (χ4v) is 1.54. The molecule has 0 atom stereocenters. The summed E-state index contributed by atoms with van der Waals surface area (Å²) >= 11 is 5.73. The summed E-state index contributed by atoms with van der Waals surface area (Å²) in [6.45, 7) is 1.07. The van der Waals surface area contributed by atoms with Crippen molar-refractivity contribution in [1.29, 1.82) is 0 Å². The van der Waals surface area contributed by atoms with E-state index in [2.05, 4.69) is 9.98 Å². The van der Waals surface area contributed by atoms with E-state index in [1.165, 1.54) is 0 Å². The Bertz CT molecular complexity index is 380. The molecule has 0 saturated carbocycles. The van der Waals surface area contributed by atoms with E-state index in [4.69, 9.17) is 16.3 Å². The standard InChI is InChI=1S/C12H19ClN4O/c1-16(2)12(17(3)4)14-7-8-18-11-6-5-10(13)9-15-11/h5-6,9H,7-8H2,1-4H3. The van der Waals surface area contributed by atoms with E-state index in [-0.39, 0.29) is 0 Å². The molecule has 0 amide bonds. The molecule has 0 aliphatic carbocycles. The summed E-state index contributed by atoms with van der Waals surface area (Å²) in [5.74, 6) is 1.47. The lowest BCUT2D eigenvalue weighted by molar-refractivity contribution is 0.314. The van der Waals surface area contributed by atoms with Gasteiger partial charge in [-0.05, 0) is 6.07 Å². The van der Waals surface area contributed by atoms with Crippen LogP contribution in [0.25, 0.3) is 0 Å². The van der Waals surface area contributed by atoms with Gasteiger partial charge < -0.3 is 14.5 Å². The molecular formula is C12H19ClN4O. The number of hydrogen-bond donors (Lipinski definition) is 0. The van der Waals surface area contributed by atoms with Gasteiger partial charge in [0.2, 0.25) is 5.88 Å². The van der Waals surface area contributed by atoms with Crippen LogP contribution in [0.5, 0.6) is 5.88 Å². The zero-order chi connectivity index (χ0) is 13.5. The highest BCUT2D eigenvalue weighted by atomic mass is 35.5. The normalized spacial score (nSPS) is 9.83. The second kappa shape index (κ2) is 7.06. The summed E-state index contributed by atoms with van der Waals surface area (Å²) in [5.41, 5.74) is 0. The van der Waals surface area contributed by atoms with Crippen molar-refractivity contribution < 1.29 is 4.74 Å². The lowest BCUT2D eigenvalue weighted by atomic mass is 10.5. The molecule has 1 aromatic heterocycles. The zero-order valence-corrected chi connectivity index (χ0v) is 12.0. The molecule has 1 rings (SSSR count). The fraction of sp³-hybridized carbons (Fsp3) is 0.500. The van der Waals surface area contributed by atoms with E-state index >= 15 is 0 Å². The van der Waals surface area contributed by atoms with Crippen LogP contribution in [0.15, 0.2) is 23.3 Å². The van der Waals surface area contributed by atoms with E-state index in [0.29, 0.717) is 24.1 Å². The van der Waals surface area contributed by atoms with Crippen LogP contribution in [-0.2, 0) is 0 Å². The average Bonchev–Trinajstić information content (AvgIpc) is 2.30. The van der Waals surface area contributed by atoms with Crippen molar-refractivity contribution >= 4 is 17.6 Å². The number of pyridine rings is 1. The number of rotatable bonds is 4. The van der Waals surface area contributed by atoms with Crippen LogP contribution in [-0.4, -0.2) is 62.1 Å². The first-order valence-electron chi connectivity index (χ1n) is 5.64. The lowest BCUT2D eigenvalue weighted by Gasteiger charge is -2.22. The van der Waals surface area contributed by atoms with Crippen LogP contribution in [0.2, 0.25) is 5.02 Å². The van der Waals surface area contributed by atoms with E-state index in [0.717, 1.165) is 5.96 Å². The molecule has 1 heterocycles. The maximum atomic E-state index is 5.73. The predicted octanol–water partition coefficient (Wildman–Crippen LogP) is 1.59. The Labute approximate surface area is 113 Å². The lowest BCUT2D eigenvalue weighted by Crippen LogP contribution is -2.35. The van der Waals surface area contributed by atoms with Gasteiger partial charge in [0.25, 0.3) is 0 Å². The highest BCUT2D eigenvalue weighted by Gasteiger charge is 2.03. The second-order valence-electron chi connectivity index (χ2n) is 4.13. The first-order valence-corrected chi connectivity index (χ1v) is 6.02. The maximum Gasteiger partial charge on any atom is 0.213 e. The highest BCUT2D eigenvalue weighted by Crippen LogP contribution is 2.11. The van der Waals surface area contributed by atoms with Gasteiger partial charge in [0.15, 0.2) is 5.96 Å². The summed E-state index contributed by atoms with van der Waals surface area (Å²) in [4.78, 5) is 12.4. The summed E-state index contributed by atoms with van der Waals surface area (Å²) in [7, 11) is 7.84. The third-order valence-corrected chi connectivity index (χ3v) is 2.32. The largest absolute Gasteiger partial charge is 0.476 e. The number of aliphatic imine (C=N–C) groups is 1. The number of guanidine groups is 1. The van der Waals surface area contributed by atoms with Gasteiger partial charge >= 0.3 is 0 Å². The van der Waals surface area contributed by atoms with Crippen LogP contribution in [0.1, 0.15) is 0 Å². The van der Waals surface area contributed by atoms with Crippen molar-refractivity contribution in [3.05, 3.63) is 23.4 Å². The molecule has 0 saturated heterocycles. The number of hydrogen-bond acceptors (Lipinski definition) is 3. The summed E-state index contributed by atoms with van der Waals surface area (Å²) in [6.07, 6.45) is 1.56. The van der Waals surface area contributed by atoms with Gasteiger partial charge in [-0.2, -0.15) is 0 Å². The maximum absolute atomic E-state index is 5.73. The van der Waals surface area contributed by atoms with Gasteiger partial charge in [-0.1, -0.05) is 11.6 Å². The molecule has 0 aliphatic heterocycles. The molecule has 0 aliphatic rings. The molecule has 100 valence electrons. The Kier molecular flexibility index (Phi) is 5.71. The quantitative estimate of drug-likeness (QED) is 0.473. The smallest absolute Gasteiger partial charge is 0.213 e. The molecule has 0 N–H and O–H groups in total. The zero-order valence-electron chi connectivity index (χ0n) is 11.2. The third-order valence-electron chi connectivity index (χ3n) is 2.09. The van der Waals surface area contributed by atoms with E-state index in [9.17, 15) is 0 Å². The summed E-state index contributed by atoms with van der Waals surface area (Å²) < 4.78 is 5.46. The minimum atomic E-state index is 0.486. The van der Waals surface area contributed by atoms with Crippen LogP contribution >= 0.6 is 11.6 Å². The van der Waals surface area contributed by atoms with E-state index in [1.807, 2.05) is 38.0 Å². The first kappa shape index (κ1) is 14.6. The minimum Gasteiger partial charge on any atom is -0.476 e. The molecule has 6 heteroatoms. The van der Waals surface area contributed by atoms with Gasteiger partial charge in [0, 0.05) is 40.5 Å². The molecule has 0 bridgehead atoms. The van der Waals surface area contributed by atoms with Crippen molar-refractivity contribution in [2.75, 3.05) is 41.3 Å². The first-order chi connectivity index (χ1) is 8.50. The van der Waals surface area contributed by atoms with Crippen molar-refractivity contribution in [3.63, 3.8) is 0 Å². The monoisotopic (exact) mass is 270 g/mol. The predicted molar refractivity (Wildman–Crippen MR) is 74.4 cm³/mol. The molecule has 0 spiro atoms. The molecule has 5 nitrogen and oxygen atoms in total. The van der Waals surface area contributed by atoms with Crippen molar-refractivity contribution in [1.82, 2.24) is 14.8 Å². The number of halogens is 1. The SMILES string of the molecule is CN(C)C(=NCCOc1ccc(Cl)cn1)N(C)C. The molecule has 0 aromatic carbocycles. The highest BCUT2D eigenvalue weighted by molar-refractivity contribution is 6.30. The Morgan fingerprint density at radius 3 is 2.44 bits per heavy atom. The Hall–Kier alpha value is -1.49. The van der Waals surface area contributed by atoms with Gasteiger partial charge in [-0.25, -0.2) is 9.98 Å². The van der Waals surface area contributed by atoms with E-state index in [1.54, 1.807) is 18.3 Å². The number of aromatic nitrogens is 1.